The van der Waals surface area contributed by atoms with Gasteiger partial charge < -0.3 is 14.5 Å². The standard InChI is InChI=1S/C22H21N3O3/c1-4-27-20-12-15(9-10-19(20)28-14(2)3)11-16(13-23)21-24-18-8-6-5-7-17(18)22(26)25-21/h5-12,14H,4H2,1-3H3,(H,24,25,26)/b16-11-. The molecule has 28 heavy (non-hydrogen) atoms. The zero-order valence-corrected chi connectivity index (χ0v) is 16.0. The second kappa shape index (κ2) is 8.40. The molecule has 0 saturated heterocycles. The summed E-state index contributed by atoms with van der Waals surface area (Å²) in [6.45, 7) is 6.27. The van der Waals surface area contributed by atoms with Crippen LogP contribution in [0, 0.1) is 11.3 Å². The Bertz CT molecular complexity index is 1120. The lowest BCUT2D eigenvalue weighted by atomic mass is 10.1. The number of ether oxygens (including phenoxy) is 2. The lowest BCUT2D eigenvalue weighted by molar-refractivity contribution is 0.224. The summed E-state index contributed by atoms with van der Waals surface area (Å²) in [4.78, 5) is 19.4. The first-order valence-electron chi connectivity index (χ1n) is 9.06. The molecule has 3 aromatic rings. The third kappa shape index (κ3) is 4.21. The van der Waals surface area contributed by atoms with Crippen molar-refractivity contribution in [2.45, 2.75) is 26.9 Å². The summed E-state index contributed by atoms with van der Waals surface area (Å²) in [6, 6.07) is 14.6. The van der Waals surface area contributed by atoms with Crippen molar-refractivity contribution in [1.82, 2.24) is 9.97 Å². The average molecular weight is 375 g/mol. The average Bonchev–Trinajstić information content (AvgIpc) is 2.68. The summed E-state index contributed by atoms with van der Waals surface area (Å²) in [7, 11) is 0. The second-order valence-corrected chi connectivity index (χ2v) is 6.41. The van der Waals surface area contributed by atoms with Crippen molar-refractivity contribution in [3.05, 3.63) is 64.2 Å². The Morgan fingerprint density at radius 2 is 2.04 bits per heavy atom. The van der Waals surface area contributed by atoms with Crippen LogP contribution < -0.4 is 15.0 Å². The highest BCUT2D eigenvalue weighted by Crippen LogP contribution is 2.30. The van der Waals surface area contributed by atoms with Crippen LogP contribution in [0.5, 0.6) is 11.5 Å². The number of para-hydroxylation sites is 1. The van der Waals surface area contributed by atoms with E-state index in [1.165, 1.54) is 0 Å². The molecule has 2 aromatic carbocycles. The highest BCUT2D eigenvalue weighted by atomic mass is 16.5. The van der Waals surface area contributed by atoms with Gasteiger partial charge in [0.2, 0.25) is 0 Å². The normalized spacial score (nSPS) is 11.5. The smallest absolute Gasteiger partial charge is 0.259 e. The zero-order valence-electron chi connectivity index (χ0n) is 16.0. The Balaban J connectivity index is 2.04. The minimum absolute atomic E-state index is 0.0159. The molecule has 0 atom stereocenters. The molecule has 1 N–H and O–H groups in total. The van der Waals surface area contributed by atoms with Crippen LogP contribution in [0.4, 0.5) is 0 Å². The molecule has 6 heteroatoms. The van der Waals surface area contributed by atoms with E-state index < -0.39 is 0 Å². The molecule has 0 aliphatic rings. The molecule has 0 radical (unpaired) electrons. The first-order valence-corrected chi connectivity index (χ1v) is 9.06. The van der Waals surface area contributed by atoms with Gasteiger partial charge in [0.05, 0.1) is 29.2 Å². The molecule has 0 aliphatic heterocycles. The number of allylic oxidation sites excluding steroid dienone is 1. The van der Waals surface area contributed by atoms with E-state index in [-0.39, 0.29) is 23.1 Å². The number of rotatable bonds is 6. The van der Waals surface area contributed by atoms with Crippen molar-refractivity contribution >= 4 is 22.6 Å². The maximum absolute atomic E-state index is 12.3. The van der Waals surface area contributed by atoms with Crippen LogP contribution in [-0.4, -0.2) is 22.7 Å². The molecule has 6 nitrogen and oxygen atoms in total. The lowest BCUT2D eigenvalue weighted by Gasteiger charge is -2.15. The van der Waals surface area contributed by atoms with Crippen LogP contribution in [0.3, 0.4) is 0 Å². The van der Waals surface area contributed by atoms with E-state index in [9.17, 15) is 10.1 Å². The molecule has 0 saturated carbocycles. The SMILES string of the molecule is CCOc1cc(/C=C(/C#N)c2nc3ccccc3c(=O)[nH]2)ccc1OC(C)C. The number of nitrogens with one attached hydrogen (secondary N) is 1. The van der Waals surface area contributed by atoms with Gasteiger partial charge in [-0.3, -0.25) is 4.79 Å². The highest BCUT2D eigenvalue weighted by Gasteiger charge is 2.11. The minimum atomic E-state index is -0.280. The number of fused-ring (bicyclic) bond motifs is 1. The molecule has 0 bridgehead atoms. The summed E-state index contributed by atoms with van der Waals surface area (Å²) in [5.74, 6) is 1.47. The Morgan fingerprint density at radius 3 is 2.75 bits per heavy atom. The van der Waals surface area contributed by atoms with Crippen LogP contribution in [0.2, 0.25) is 0 Å². The summed E-state index contributed by atoms with van der Waals surface area (Å²) >= 11 is 0. The van der Waals surface area contributed by atoms with E-state index in [2.05, 4.69) is 16.0 Å². The summed E-state index contributed by atoms with van der Waals surface area (Å²) in [5, 5.41) is 10.1. The van der Waals surface area contributed by atoms with Gasteiger partial charge in [0.1, 0.15) is 6.07 Å². The van der Waals surface area contributed by atoms with Gasteiger partial charge in [-0.05, 0) is 56.7 Å². The predicted molar refractivity (Wildman–Crippen MR) is 109 cm³/mol. The molecule has 0 unspecified atom stereocenters. The Morgan fingerprint density at radius 1 is 1.25 bits per heavy atom. The van der Waals surface area contributed by atoms with Crippen molar-refractivity contribution in [2.75, 3.05) is 6.61 Å². The van der Waals surface area contributed by atoms with Gasteiger partial charge in [-0.15, -0.1) is 0 Å². The first-order chi connectivity index (χ1) is 13.5. The van der Waals surface area contributed by atoms with Crippen molar-refractivity contribution in [3.8, 4) is 17.6 Å². The lowest BCUT2D eigenvalue weighted by Crippen LogP contribution is -2.11. The van der Waals surface area contributed by atoms with Gasteiger partial charge in [0.15, 0.2) is 17.3 Å². The first kappa shape index (κ1) is 19.2. The van der Waals surface area contributed by atoms with Gasteiger partial charge in [-0.1, -0.05) is 18.2 Å². The van der Waals surface area contributed by atoms with Crippen LogP contribution in [0.15, 0.2) is 47.3 Å². The third-order valence-corrected chi connectivity index (χ3v) is 3.93. The van der Waals surface area contributed by atoms with E-state index in [1.54, 1.807) is 36.4 Å². The van der Waals surface area contributed by atoms with E-state index in [1.807, 2.05) is 32.9 Å². The summed E-state index contributed by atoms with van der Waals surface area (Å²) in [6.07, 6.45) is 1.68. The van der Waals surface area contributed by atoms with Crippen molar-refractivity contribution in [1.29, 1.82) is 5.26 Å². The summed E-state index contributed by atoms with van der Waals surface area (Å²) in [5.41, 5.74) is 1.25. The maximum atomic E-state index is 12.3. The molecule has 142 valence electrons. The fourth-order valence-electron chi connectivity index (χ4n) is 2.77. The van der Waals surface area contributed by atoms with Crippen LogP contribution >= 0.6 is 0 Å². The Kier molecular flexibility index (Phi) is 5.75. The number of nitrogens with zero attached hydrogens (tertiary/aromatic N) is 2. The molecule has 0 fully saturated rings. The molecule has 0 spiro atoms. The van der Waals surface area contributed by atoms with Crippen LogP contribution in [-0.2, 0) is 0 Å². The Hall–Kier alpha value is -3.59. The number of hydrogen-bond donors (Lipinski definition) is 1. The molecular weight excluding hydrogens is 354 g/mol. The van der Waals surface area contributed by atoms with Gasteiger partial charge in [-0.2, -0.15) is 5.26 Å². The van der Waals surface area contributed by atoms with E-state index in [0.717, 1.165) is 5.56 Å². The van der Waals surface area contributed by atoms with Crippen molar-refractivity contribution < 1.29 is 9.47 Å². The van der Waals surface area contributed by atoms with Crippen LogP contribution in [0.25, 0.3) is 22.6 Å². The van der Waals surface area contributed by atoms with Crippen LogP contribution in [0.1, 0.15) is 32.2 Å². The van der Waals surface area contributed by atoms with E-state index in [4.69, 9.17) is 9.47 Å². The number of benzene rings is 2. The Labute approximate surface area is 163 Å². The maximum Gasteiger partial charge on any atom is 0.259 e. The topological polar surface area (TPSA) is 88.0 Å². The van der Waals surface area contributed by atoms with Gasteiger partial charge in [0.25, 0.3) is 5.56 Å². The van der Waals surface area contributed by atoms with E-state index >= 15 is 0 Å². The fourth-order valence-corrected chi connectivity index (χ4v) is 2.77. The van der Waals surface area contributed by atoms with Gasteiger partial charge >= 0.3 is 0 Å². The number of nitriles is 1. The molecule has 3 rings (SSSR count). The molecule has 1 aromatic heterocycles. The minimum Gasteiger partial charge on any atom is -0.490 e. The number of aromatic nitrogens is 2. The van der Waals surface area contributed by atoms with E-state index in [0.29, 0.717) is 29.0 Å². The predicted octanol–water partition coefficient (Wildman–Crippen LogP) is 4.17. The van der Waals surface area contributed by atoms with Gasteiger partial charge in [0, 0.05) is 0 Å². The quantitative estimate of drug-likeness (QED) is 0.653. The highest BCUT2D eigenvalue weighted by molar-refractivity contribution is 5.89. The fraction of sp³-hybridized carbons (Fsp3) is 0.227. The van der Waals surface area contributed by atoms with Crippen molar-refractivity contribution in [2.24, 2.45) is 0 Å². The third-order valence-electron chi connectivity index (χ3n) is 3.93. The zero-order chi connectivity index (χ0) is 20.1. The molecule has 0 aliphatic carbocycles. The second-order valence-electron chi connectivity index (χ2n) is 6.41. The number of H-pyrrole nitrogens is 1. The number of hydrogen-bond acceptors (Lipinski definition) is 5. The van der Waals surface area contributed by atoms with Crippen molar-refractivity contribution in [3.63, 3.8) is 0 Å². The monoisotopic (exact) mass is 375 g/mol. The molecule has 0 amide bonds. The molecular formula is C22H21N3O3. The summed E-state index contributed by atoms with van der Waals surface area (Å²) < 4.78 is 11.4. The number of aromatic amines is 1. The van der Waals surface area contributed by atoms with Gasteiger partial charge in [-0.25, -0.2) is 4.98 Å². The largest absolute Gasteiger partial charge is 0.490 e. The molecule has 1 heterocycles.